The Morgan fingerprint density at radius 1 is 1.22 bits per heavy atom. The normalized spacial score (nSPS) is 19.8. The number of pyridine rings is 1. The minimum Gasteiger partial charge on any atom is -0.339 e. The lowest BCUT2D eigenvalue weighted by molar-refractivity contribution is -0.140. The molecule has 1 saturated carbocycles. The topological polar surface area (TPSA) is 36.4 Å². The van der Waals surface area contributed by atoms with Crippen molar-refractivity contribution in [3.8, 4) is 0 Å². The van der Waals surface area contributed by atoms with Crippen molar-refractivity contribution in [1.29, 1.82) is 0 Å². The molecule has 1 aliphatic heterocycles. The molecule has 2 heterocycles. The molecule has 1 saturated heterocycles. The van der Waals surface area contributed by atoms with Gasteiger partial charge in [-0.3, -0.25) is 14.7 Å². The van der Waals surface area contributed by atoms with Crippen LogP contribution in [0.4, 0.5) is 0 Å². The Morgan fingerprint density at radius 2 is 1.91 bits per heavy atom. The molecule has 0 radical (unpaired) electrons. The molecule has 2 aliphatic rings. The number of hydrogen-bond donors (Lipinski definition) is 0. The van der Waals surface area contributed by atoms with Gasteiger partial charge in [-0.25, -0.2) is 0 Å². The van der Waals surface area contributed by atoms with Gasteiger partial charge < -0.3 is 4.90 Å². The van der Waals surface area contributed by atoms with Crippen molar-refractivity contribution in [1.82, 2.24) is 14.8 Å². The van der Waals surface area contributed by atoms with E-state index in [2.05, 4.69) is 33.8 Å². The molecule has 3 rings (SSSR count). The Labute approximate surface area is 139 Å². The van der Waals surface area contributed by atoms with E-state index in [0.717, 1.165) is 32.6 Å². The summed E-state index contributed by atoms with van der Waals surface area (Å²) < 4.78 is 0. The van der Waals surface area contributed by atoms with Crippen LogP contribution in [0, 0.1) is 5.92 Å². The average molecular weight is 315 g/mol. The third-order valence-electron chi connectivity index (χ3n) is 5.46. The predicted molar refractivity (Wildman–Crippen MR) is 91.9 cm³/mol. The fraction of sp³-hybridized carbons (Fsp3) is 0.684. The van der Waals surface area contributed by atoms with Crippen molar-refractivity contribution in [2.24, 2.45) is 5.92 Å². The second-order valence-electron chi connectivity index (χ2n) is 7.08. The lowest BCUT2D eigenvalue weighted by Crippen LogP contribution is -2.60. The molecule has 126 valence electrons. The lowest BCUT2D eigenvalue weighted by atomic mass is 9.86. The van der Waals surface area contributed by atoms with Crippen molar-refractivity contribution in [3.63, 3.8) is 0 Å². The van der Waals surface area contributed by atoms with Gasteiger partial charge in [0.25, 0.3) is 0 Å². The van der Waals surface area contributed by atoms with Gasteiger partial charge in [0.05, 0.1) is 0 Å². The highest BCUT2D eigenvalue weighted by atomic mass is 16.2. The highest BCUT2D eigenvalue weighted by molar-refractivity contribution is 5.77. The van der Waals surface area contributed by atoms with Crippen LogP contribution in [0.5, 0.6) is 0 Å². The fourth-order valence-electron chi connectivity index (χ4n) is 3.88. The molecule has 0 atom stereocenters. The Hall–Kier alpha value is -1.42. The van der Waals surface area contributed by atoms with E-state index in [1.54, 1.807) is 0 Å². The maximum Gasteiger partial charge on any atom is 0.222 e. The summed E-state index contributed by atoms with van der Waals surface area (Å²) >= 11 is 0. The molecule has 0 unspecified atom stereocenters. The maximum atomic E-state index is 12.4. The number of hydrogen-bond acceptors (Lipinski definition) is 3. The zero-order valence-electron chi connectivity index (χ0n) is 14.3. The minimum absolute atomic E-state index is 0.383. The summed E-state index contributed by atoms with van der Waals surface area (Å²) in [7, 11) is 0. The van der Waals surface area contributed by atoms with Crippen LogP contribution in [0.2, 0.25) is 0 Å². The molecular formula is C19H29N3O. The quantitative estimate of drug-likeness (QED) is 0.809. The van der Waals surface area contributed by atoms with E-state index in [0.29, 0.717) is 17.9 Å². The average Bonchev–Trinajstić information content (AvgIpc) is 2.54. The van der Waals surface area contributed by atoms with Crippen molar-refractivity contribution < 1.29 is 4.79 Å². The Balaban J connectivity index is 1.44. The van der Waals surface area contributed by atoms with Crippen LogP contribution in [0.1, 0.15) is 51.0 Å². The SMILES string of the molecule is CCN(Cc1ccncc1)C1CN(C(=O)CC2CCCCC2)C1. The number of amides is 1. The summed E-state index contributed by atoms with van der Waals surface area (Å²) in [6.07, 6.45) is 11.0. The summed E-state index contributed by atoms with van der Waals surface area (Å²) in [6, 6.07) is 4.67. The van der Waals surface area contributed by atoms with E-state index in [-0.39, 0.29) is 0 Å². The van der Waals surface area contributed by atoms with Crippen LogP contribution in [-0.2, 0) is 11.3 Å². The first-order chi connectivity index (χ1) is 11.3. The van der Waals surface area contributed by atoms with Crippen LogP contribution in [0.15, 0.2) is 24.5 Å². The molecule has 4 heteroatoms. The first-order valence-corrected chi connectivity index (χ1v) is 9.17. The number of aromatic nitrogens is 1. The summed E-state index contributed by atoms with van der Waals surface area (Å²) in [5, 5.41) is 0. The number of nitrogens with zero attached hydrogens (tertiary/aromatic N) is 3. The largest absolute Gasteiger partial charge is 0.339 e. The van der Waals surface area contributed by atoms with E-state index in [4.69, 9.17) is 0 Å². The van der Waals surface area contributed by atoms with Crippen molar-refractivity contribution in [2.45, 2.75) is 58.0 Å². The molecule has 0 aromatic carbocycles. The molecule has 1 aliphatic carbocycles. The van der Waals surface area contributed by atoms with Crippen molar-refractivity contribution >= 4 is 5.91 Å². The maximum absolute atomic E-state index is 12.4. The van der Waals surface area contributed by atoms with E-state index >= 15 is 0 Å². The van der Waals surface area contributed by atoms with Crippen LogP contribution in [0.25, 0.3) is 0 Å². The molecule has 1 amide bonds. The lowest BCUT2D eigenvalue weighted by Gasteiger charge is -2.45. The van der Waals surface area contributed by atoms with Gasteiger partial charge in [0.1, 0.15) is 0 Å². The van der Waals surface area contributed by atoms with E-state index in [9.17, 15) is 4.79 Å². The number of carbonyl (C=O) groups is 1. The molecule has 1 aromatic heterocycles. The minimum atomic E-state index is 0.383. The van der Waals surface area contributed by atoms with Gasteiger partial charge in [0.15, 0.2) is 0 Å². The van der Waals surface area contributed by atoms with E-state index in [1.165, 1.54) is 37.7 Å². The van der Waals surface area contributed by atoms with E-state index < -0.39 is 0 Å². The van der Waals surface area contributed by atoms with E-state index in [1.807, 2.05) is 12.4 Å². The van der Waals surface area contributed by atoms with Crippen LogP contribution in [0.3, 0.4) is 0 Å². The third-order valence-corrected chi connectivity index (χ3v) is 5.46. The molecular weight excluding hydrogens is 286 g/mol. The van der Waals surface area contributed by atoms with Gasteiger partial charge in [-0.15, -0.1) is 0 Å². The molecule has 0 N–H and O–H groups in total. The van der Waals surface area contributed by atoms with Gasteiger partial charge in [0, 0.05) is 44.5 Å². The monoisotopic (exact) mass is 315 g/mol. The van der Waals surface area contributed by atoms with Crippen LogP contribution < -0.4 is 0 Å². The number of rotatable bonds is 6. The standard InChI is InChI=1S/C19H29N3O/c1-2-21(13-17-8-10-20-11-9-17)18-14-22(15-18)19(23)12-16-6-4-3-5-7-16/h8-11,16,18H,2-7,12-15H2,1H3. The fourth-order valence-corrected chi connectivity index (χ4v) is 3.88. The first-order valence-electron chi connectivity index (χ1n) is 9.17. The predicted octanol–water partition coefficient (Wildman–Crippen LogP) is 3.08. The molecule has 23 heavy (non-hydrogen) atoms. The molecule has 4 nitrogen and oxygen atoms in total. The molecule has 2 fully saturated rings. The Kier molecular flexibility index (Phi) is 5.65. The second-order valence-corrected chi connectivity index (χ2v) is 7.08. The first kappa shape index (κ1) is 16.4. The number of likely N-dealkylation sites (N-methyl/N-ethyl adjacent to an activating group) is 1. The number of carbonyl (C=O) groups excluding carboxylic acids is 1. The van der Waals surface area contributed by atoms with Gasteiger partial charge in [-0.1, -0.05) is 26.2 Å². The molecule has 0 spiro atoms. The highest BCUT2D eigenvalue weighted by Gasteiger charge is 2.34. The zero-order valence-corrected chi connectivity index (χ0v) is 14.3. The van der Waals surface area contributed by atoms with Crippen molar-refractivity contribution in [2.75, 3.05) is 19.6 Å². The summed E-state index contributed by atoms with van der Waals surface area (Å²) in [5.74, 6) is 1.03. The third kappa shape index (κ3) is 4.31. The Bertz CT molecular complexity index is 493. The smallest absolute Gasteiger partial charge is 0.222 e. The molecule has 1 aromatic rings. The highest BCUT2D eigenvalue weighted by Crippen LogP contribution is 2.28. The Morgan fingerprint density at radius 3 is 2.57 bits per heavy atom. The number of likely N-dealkylation sites (tertiary alicyclic amines) is 1. The summed E-state index contributed by atoms with van der Waals surface area (Å²) in [5.41, 5.74) is 1.30. The summed E-state index contributed by atoms with van der Waals surface area (Å²) in [4.78, 5) is 21.0. The second kappa shape index (κ2) is 7.91. The van der Waals surface area contributed by atoms with Gasteiger partial charge >= 0.3 is 0 Å². The van der Waals surface area contributed by atoms with Gasteiger partial charge in [0.2, 0.25) is 5.91 Å². The summed E-state index contributed by atoms with van der Waals surface area (Å²) in [6.45, 7) is 5.99. The zero-order chi connectivity index (χ0) is 16.1. The van der Waals surface area contributed by atoms with Gasteiger partial charge in [-0.2, -0.15) is 0 Å². The van der Waals surface area contributed by atoms with Crippen LogP contribution >= 0.6 is 0 Å². The van der Waals surface area contributed by atoms with Crippen LogP contribution in [-0.4, -0.2) is 46.4 Å². The van der Waals surface area contributed by atoms with Gasteiger partial charge in [-0.05, 0) is 43.0 Å². The van der Waals surface area contributed by atoms with Crippen molar-refractivity contribution in [3.05, 3.63) is 30.1 Å². The molecule has 0 bridgehead atoms.